The van der Waals surface area contributed by atoms with Crippen molar-refractivity contribution in [3.63, 3.8) is 0 Å². The Kier molecular flexibility index (Phi) is 3.70. The summed E-state index contributed by atoms with van der Waals surface area (Å²) in [6.07, 6.45) is 3.26. The number of anilines is 1. The van der Waals surface area contributed by atoms with Crippen LogP contribution < -0.4 is 10.6 Å². The van der Waals surface area contributed by atoms with E-state index in [-0.39, 0.29) is 6.03 Å². The van der Waals surface area contributed by atoms with E-state index in [4.69, 9.17) is 0 Å². The largest absolute Gasteiger partial charge is 0.334 e. The molecule has 0 atom stereocenters. The molecule has 0 aliphatic heterocycles. The van der Waals surface area contributed by atoms with Crippen molar-refractivity contribution in [3.8, 4) is 0 Å². The molecule has 0 fully saturated rings. The fourth-order valence-electron chi connectivity index (χ4n) is 1.39. The summed E-state index contributed by atoms with van der Waals surface area (Å²) < 4.78 is 0. The molecule has 0 spiro atoms. The fourth-order valence-corrected chi connectivity index (χ4v) is 1.39. The number of pyridine rings is 1. The molecular weight excluding hydrogens is 214 g/mol. The lowest BCUT2D eigenvalue weighted by Gasteiger charge is -2.06. The van der Waals surface area contributed by atoms with Crippen molar-refractivity contribution in [2.45, 2.75) is 6.54 Å². The number of rotatable bonds is 3. The molecule has 0 saturated carbocycles. The van der Waals surface area contributed by atoms with E-state index in [1.165, 1.54) is 0 Å². The Bertz CT molecular complexity index is 471. The topological polar surface area (TPSA) is 54.0 Å². The van der Waals surface area contributed by atoms with Gasteiger partial charge in [-0.25, -0.2) is 4.79 Å². The molecule has 4 nitrogen and oxygen atoms in total. The molecule has 0 aliphatic rings. The third-order valence-electron chi connectivity index (χ3n) is 2.22. The minimum absolute atomic E-state index is 0.234. The molecule has 1 heterocycles. The van der Waals surface area contributed by atoms with Crippen LogP contribution in [0.3, 0.4) is 0 Å². The molecule has 2 rings (SSSR count). The molecule has 2 amide bonds. The summed E-state index contributed by atoms with van der Waals surface area (Å²) in [5, 5.41) is 5.47. The zero-order chi connectivity index (χ0) is 11.9. The maximum atomic E-state index is 11.5. The highest BCUT2D eigenvalue weighted by molar-refractivity contribution is 5.88. The van der Waals surface area contributed by atoms with Gasteiger partial charge in [-0.2, -0.15) is 0 Å². The van der Waals surface area contributed by atoms with E-state index in [0.717, 1.165) is 5.56 Å². The summed E-state index contributed by atoms with van der Waals surface area (Å²) in [6, 6.07) is 13.1. The van der Waals surface area contributed by atoms with Gasteiger partial charge in [-0.15, -0.1) is 0 Å². The van der Waals surface area contributed by atoms with Gasteiger partial charge in [-0.1, -0.05) is 30.3 Å². The summed E-state index contributed by atoms with van der Waals surface area (Å²) in [5.74, 6) is 0. The van der Waals surface area contributed by atoms with Crippen molar-refractivity contribution in [1.82, 2.24) is 10.3 Å². The van der Waals surface area contributed by atoms with Gasteiger partial charge in [0.1, 0.15) is 0 Å². The van der Waals surface area contributed by atoms with Gasteiger partial charge in [0.15, 0.2) is 0 Å². The Morgan fingerprint density at radius 3 is 2.65 bits per heavy atom. The summed E-state index contributed by atoms with van der Waals surface area (Å²) in [5.41, 5.74) is 1.74. The predicted molar refractivity (Wildman–Crippen MR) is 66.5 cm³/mol. The van der Waals surface area contributed by atoms with Gasteiger partial charge in [0.05, 0.1) is 11.9 Å². The first-order valence-corrected chi connectivity index (χ1v) is 5.33. The Balaban J connectivity index is 1.83. The first-order chi connectivity index (χ1) is 8.34. The monoisotopic (exact) mass is 227 g/mol. The molecule has 0 saturated heterocycles. The van der Waals surface area contributed by atoms with Gasteiger partial charge in [-0.05, 0) is 17.7 Å². The Morgan fingerprint density at radius 2 is 1.94 bits per heavy atom. The third kappa shape index (κ3) is 3.61. The summed E-state index contributed by atoms with van der Waals surface area (Å²) >= 11 is 0. The number of amides is 2. The lowest BCUT2D eigenvalue weighted by molar-refractivity contribution is 0.251. The van der Waals surface area contributed by atoms with Crippen molar-refractivity contribution in [1.29, 1.82) is 0 Å². The van der Waals surface area contributed by atoms with Crippen molar-refractivity contribution in [2.75, 3.05) is 5.32 Å². The van der Waals surface area contributed by atoms with E-state index < -0.39 is 0 Å². The van der Waals surface area contributed by atoms with Crippen LogP contribution in [0.1, 0.15) is 5.56 Å². The number of nitrogens with one attached hydrogen (secondary N) is 2. The van der Waals surface area contributed by atoms with Gasteiger partial charge in [0, 0.05) is 12.7 Å². The lowest BCUT2D eigenvalue weighted by atomic mass is 10.2. The molecule has 1 aromatic heterocycles. The van der Waals surface area contributed by atoms with Crippen molar-refractivity contribution >= 4 is 11.7 Å². The van der Waals surface area contributed by atoms with Gasteiger partial charge < -0.3 is 10.6 Å². The number of hydrogen-bond donors (Lipinski definition) is 2. The summed E-state index contributed by atoms with van der Waals surface area (Å²) in [7, 11) is 0. The van der Waals surface area contributed by atoms with Gasteiger partial charge >= 0.3 is 6.03 Å². The number of carbonyl (C=O) groups is 1. The van der Waals surface area contributed by atoms with Crippen LogP contribution >= 0.6 is 0 Å². The third-order valence-corrected chi connectivity index (χ3v) is 2.22. The zero-order valence-electron chi connectivity index (χ0n) is 9.26. The molecule has 0 bridgehead atoms. The molecule has 0 aliphatic carbocycles. The SMILES string of the molecule is O=C(NCc1ccccc1)Nc1cccnc1. The van der Waals surface area contributed by atoms with Crippen molar-refractivity contribution in [3.05, 3.63) is 60.4 Å². The van der Waals surface area contributed by atoms with Crippen LogP contribution in [0.2, 0.25) is 0 Å². The van der Waals surface area contributed by atoms with Gasteiger partial charge in [0.2, 0.25) is 0 Å². The highest BCUT2D eigenvalue weighted by Gasteiger charge is 2.00. The van der Waals surface area contributed by atoms with Crippen molar-refractivity contribution < 1.29 is 4.79 Å². The Morgan fingerprint density at radius 1 is 1.12 bits per heavy atom. The van der Waals surface area contributed by atoms with Crippen LogP contribution in [-0.2, 0) is 6.54 Å². The number of carbonyl (C=O) groups excluding carboxylic acids is 1. The second-order valence-corrected chi connectivity index (χ2v) is 3.53. The molecule has 1 aromatic carbocycles. The molecule has 2 aromatic rings. The maximum Gasteiger partial charge on any atom is 0.319 e. The Hall–Kier alpha value is -2.36. The number of aromatic nitrogens is 1. The van der Waals surface area contributed by atoms with Crippen LogP contribution in [0, 0.1) is 0 Å². The number of nitrogens with zero attached hydrogens (tertiary/aromatic N) is 1. The minimum Gasteiger partial charge on any atom is -0.334 e. The zero-order valence-corrected chi connectivity index (χ0v) is 9.26. The number of urea groups is 1. The molecule has 2 N–H and O–H groups in total. The summed E-state index contributed by atoms with van der Waals surface area (Å²) in [4.78, 5) is 15.4. The second-order valence-electron chi connectivity index (χ2n) is 3.53. The van der Waals surface area contributed by atoms with E-state index in [9.17, 15) is 4.79 Å². The van der Waals surface area contributed by atoms with Crippen LogP contribution in [0.4, 0.5) is 10.5 Å². The van der Waals surface area contributed by atoms with E-state index in [1.807, 2.05) is 30.3 Å². The lowest BCUT2D eigenvalue weighted by Crippen LogP contribution is -2.28. The molecular formula is C13H13N3O. The van der Waals surface area contributed by atoms with Gasteiger partial charge in [-0.3, -0.25) is 4.98 Å². The van der Waals surface area contributed by atoms with Crippen LogP contribution in [0.25, 0.3) is 0 Å². The maximum absolute atomic E-state index is 11.5. The molecule has 0 radical (unpaired) electrons. The molecule has 86 valence electrons. The molecule has 0 unspecified atom stereocenters. The van der Waals surface area contributed by atoms with Crippen molar-refractivity contribution in [2.24, 2.45) is 0 Å². The summed E-state index contributed by atoms with van der Waals surface area (Å²) in [6.45, 7) is 0.507. The van der Waals surface area contributed by atoms with E-state index >= 15 is 0 Å². The highest BCUT2D eigenvalue weighted by atomic mass is 16.2. The molecule has 17 heavy (non-hydrogen) atoms. The quantitative estimate of drug-likeness (QED) is 0.846. The Labute approximate surface area is 99.7 Å². The van der Waals surface area contributed by atoms with E-state index in [2.05, 4.69) is 15.6 Å². The average molecular weight is 227 g/mol. The predicted octanol–water partition coefficient (Wildman–Crippen LogP) is 2.40. The van der Waals surface area contributed by atoms with Crippen LogP contribution in [0.15, 0.2) is 54.9 Å². The second kappa shape index (κ2) is 5.65. The number of hydrogen-bond acceptors (Lipinski definition) is 2. The number of benzene rings is 1. The van der Waals surface area contributed by atoms with E-state index in [0.29, 0.717) is 12.2 Å². The van der Waals surface area contributed by atoms with Gasteiger partial charge in [0.25, 0.3) is 0 Å². The highest BCUT2D eigenvalue weighted by Crippen LogP contribution is 2.02. The van der Waals surface area contributed by atoms with Crippen LogP contribution in [0.5, 0.6) is 0 Å². The first-order valence-electron chi connectivity index (χ1n) is 5.33. The first kappa shape index (κ1) is 11.1. The minimum atomic E-state index is -0.234. The average Bonchev–Trinajstić information content (AvgIpc) is 2.39. The van der Waals surface area contributed by atoms with E-state index in [1.54, 1.807) is 24.5 Å². The van der Waals surface area contributed by atoms with Crippen LogP contribution in [-0.4, -0.2) is 11.0 Å². The standard InChI is InChI=1S/C13H13N3O/c17-13(16-12-7-4-8-14-10-12)15-9-11-5-2-1-3-6-11/h1-8,10H,9H2,(H2,15,16,17). The molecule has 4 heteroatoms. The normalized spacial score (nSPS) is 9.65. The smallest absolute Gasteiger partial charge is 0.319 e. The fraction of sp³-hybridized carbons (Fsp3) is 0.0769.